The normalized spacial score (nSPS) is 15.7. The van der Waals surface area contributed by atoms with Gasteiger partial charge >= 0.3 is 6.01 Å². The third-order valence-corrected chi connectivity index (χ3v) is 5.46. The lowest BCUT2D eigenvalue weighted by Gasteiger charge is -2.21. The first-order chi connectivity index (χ1) is 13.7. The maximum atomic E-state index is 9.04. The van der Waals surface area contributed by atoms with Gasteiger partial charge < -0.3 is 14.8 Å². The Morgan fingerprint density at radius 3 is 2.82 bits per heavy atom. The molecule has 0 amide bonds. The zero-order valence-corrected chi connectivity index (χ0v) is 16.4. The molecule has 1 aliphatic rings. The van der Waals surface area contributed by atoms with Crippen LogP contribution in [0.2, 0.25) is 0 Å². The Hall–Kier alpha value is -2.65. The van der Waals surface area contributed by atoms with Gasteiger partial charge in [0, 0.05) is 11.9 Å². The van der Waals surface area contributed by atoms with Crippen molar-refractivity contribution in [3.63, 3.8) is 0 Å². The van der Waals surface area contributed by atoms with Crippen LogP contribution < -0.4 is 9.54 Å². The summed E-state index contributed by atoms with van der Waals surface area (Å²) in [6, 6.07) is 2.38. The summed E-state index contributed by atoms with van der Waals surface area (Å²) in [6.07, 6.45) is 10.9. The summed E-state index contributed by atoms with van der Waals surface area (Å²) in [4.78, 5) is 26.5. The van der Waals surface area contributed by atoms with E-state index < -0.39 is 0 Å². The average molecular weight is 398 g/mol. The molecule has 1 saturated carbocycles. The van der Waals surface area contributed by atoms with Crippen molar-refractivity contribution in [1.82, 2.24) is 24.9 Å². The van der Waals surface area contributed by atoms with Crippen molar-refractivity contribution in [2.45, 2.75) is 51.7 Å². The number of ether oxygens (including phenoxy) is 1. The number of rotatable bonds is 5. The highest BCUT2D eigenvalue weighted by Crippen LogP contribution is 2.25. The van der Waals surface area contributed by atoms with Gasteiger partial charge in [0.2, 0.25) is 0 Å². The van der Waals surface area contributed by atoms with Gasteiger partial charge in [0.15, 0.2) is 10.6 Å². The van der Waals surface area contributed by atoms with Crippen molar-refractivity contribution in [3.8, 4) is 16.6 Å². The lowest BCUT2D eigenvalue weighted by Crippen LogP contribution is -2.21. The molecule has 3 aromatic rings. The van der Waals surface area contributed by atoms with Gasteiger partial charge in [-0.05, 0) is 38.7 Å². The van der Waals surface area contributed by atoms with Crippen LogP contribution in [0.5, 0.6) is 6.01 Å². The van der Waals surface area contributed by atoms with Crippen molar-refractivity contribution in [1.29, 1.82) is 0 Å². The third-order valence-electron chi connectivity index (χ3n) is 4.51. The topological polar surface area (TPSA) is 109 Å². The van der Waals surface area contributed by atoms with E-state index >= 15 is 0 Å². The Morgan fingerprint density at radius 2 is 2.07 bits per heavy atom. The number of aryl methyl sites for hydroxylation is 1. The highest BCUT2D eigenvalue weighted by Gasteiger charge is 2.17. The largest absolute Gasteiger partial charge is 0.460 e. The van der Waals surface area contributed by atoms with Gasteiger partial charge in [0.25, 0.3) is 0 Å². The fourth-order valence-electron chi connectivity index (χ4n) is 3.12. The molecular formula is C19H22N6O2S. The van der Waals surface area contributed by atoms with Gasteiger partial charge in [-0.1, -0.05) is 17.8 Å². The van der Waals surface area contributed by atoms with Crippen LogP contribution in [0.25, 0.3) is 10.6 Å². The van der Waals surface area contributed by atoms with Gasteiger partial charge in [-0.25, -0.2) is 9.97 Å². The quantitative estimate of drug-likeness (QED) is 0.684. The Labute approximate surface area is 166 Å². The summed E-state index contributed by atoms with van der Waals surface area (Å²) in [7, 11) is 0. The van der Waals surface area contributed by atoms with E-state index in [9.17, 15) is 0 Å². The van der Waals surface area contributed by atoms with Crippen LogP contribution in [0.15, 0.2) is 29.6 Å². The van der Waals surface area contributed by atoms with Crippen LogP contribution in [0.3, 0.4) is 0 Å². The second kappa shape index (κ2) is 8.57. The third kappa shape index (κ3) is 4.60. The summed E-state index contributed by atoms with van der Waals surface area (Å²) >= 11 is 1.47. The number of nitrogens with one attached hydrogen (secondary N) is 1. The molecule has 0 unspecified atom stereocenters. The molecule has 146 valence electrons. The van der Waals surface area contributed by atoms with Gasteiger partial charge in [0.1, 0.15) is 6.10 Å². The molecule has 0 aromatic carbocycles. The summed E-state index contributed by atoms with van der Waals surface area (Å²) in [5.41, 5.74) is 2.19. The number of aromatic amines is 1. The Balaban J connectivity index is 1.56. The van der Waals surface area contributed by atoms with Gasteiger partial charge in [-0.15, -0.1) is 0 Å². The van der Waals surface area contributed by atoms with E-state index in [-0.39, 0.29) is 12.7 Å². The van der Waals surface area contributed by atoms with Crippen molar-refractivity contribution in [3.05, 3.63) is 40.8 Å². The zero-order chi connectivity index (χ0) is 19.3. The molecule has 0 saturated heterocycles. The molecule has 0 radical (unpaired) electrons. The first kappa shape index (κ1) is 18.7. The molecule has 0 atom stereocenters. The molecule has 0 bridgehead atoms. The predicted octanol–water partition coefficient (Wildman–Crippen LogP) is 3.07. The monoisotopic (exact) mass is 398 g/mol. The maximum Gasteiger partial charge on any atom is 0.317 e. The number of hydrogen-bond acceptors (Lipinski definition) is 8. The first-order valence-electron chi connectivity index (χ1n) is 9.37. The van der Waals surface area contributed by atoms with Crippen LogP contribution in [-0.2, 0) is 6.61 Å². The number of aromatic nitrogens is 5. The molecule has 0 aliphatic heterocycles. The number of hydrogen-bond donors (Lipinski definition) is 2. The summed E-state index contributed by atoms with van der Waals surface area (Å²) < 4.78 is 6.03. The lowest BCUT2D eigenvalue weighted by molar-refractivity contribution is 0.142. The van der Waals surface area contributed by atoms with E-state index in [0.29, 0.717) is 22.3 Å². The molecule has 28 heavy (non-hydrogen) atoms. The minimum atomic E-state index is -0.138. The van der Waals surface area contributed by atoms with Crippen molar-refractivity contribution in [2.75, 3.05) is 0 Å². The smallest absolute Gasteiger partial charge is 0.317 e. The fourth-order valence-corrected chi connectivity index (χ4v) is 3.91. The predicted molar refractivity (Wildman–Crippen MR) is 105 cm³/mol. The van der Waals surface area contributed by atoms with Crippen LogP contribution >= 0.6 is 11.3 Å². The standard InChI is InChI=1S/C19H22N6O2S/c1-12-7-15(24-18(23-12)27-14-5-3-2-4-6-14)16-9-22-19(28-16)25-17-10-20-13(11-26)8-21-17/h7-10,14,26H,2-6,11H2,1H3,(H,21,22,25). The van der Waals surface area contributed by atoms with E-state index in [4.69, 9.17) is 9.84 Å². The Kier molecular flexibility index (Phi) is 5.73. The molecule has 9 heteroatoms. The van der Waals surface area contributed by atoms with E-state index in [0.717, 1.165) is 29.1 Å². The molecule has 0 spiro atoms. The molecule has 4 rings (SSSR count). The van der Waals surface area contributed by atoms with E-state index in [1.807, 2.05) is 19.2 Å². The van der Waals surface area contributed by atoms with Gasteiger partial charge in [-0.2, -0.15) is 9.98 Å². The molecule has 2 N–H and O–H groups in total. The number of aliphatic hydroxyl groups excluding tert-OH is 1. The summed E-state index contributed by atoms with van der Waals surface area (Å²) in [6.45, 7) is 1.81. The molecule has 3 heterocycles. The number of nitrogens with zero attached hydrogens (tertiary/aromatic N) is 5. The second-order valence-electron chi connectivity index (χ2n) is 6.75. The van der Waals surface area contributed by atoms with Crippen molar-refractivity contribution in [2.24, 2.45) is 4.99 Å². The van der Waals surface area contributed by atoms with Gasteiger partial charge in [-0.3, -0.25) is 4.98 Å². The maximum absolute atomic E-state index is 9.04. The minimum Gasteiger partial charge on any atom is -0.460 e. The highest BCUT2D eigenvalue weighted by molar-refractivity contribution is 7.12. The second-order valence-corrected chi connectivity index (χ2v) is 7.78. The SMILES string of the molecule is Cc1cc(-c2c[nH]/c(=N/c3cnc(CO)cn3)s2)nc(OC2CCCCC2)n1. The highest BCUT2D eigenvalue weighted by atomic mass is 32.1. The van der Waals surface area contributed by atoms with E-state index in [1.54, 1.807) is 0 Å². The van der Waals surface area contributed by atoms with Crippen LogP contribution in [0.4, 0.5) is 5.82 Å². The van der Waals surface area contributed by atoms with Crippen molar-refractivity contribution >= 4 is 17.2 Å². The molecule has 8 nitrogen and oxygen atoms in total. The van der Waals surface area contributed by atoms with Crippen LogP contribution in [0.1, 0.15) is 43.5 Å². The number of thiazole rings is 1. The van der Waals surface area contributed by atoms with Gasteiger partial charge in [0.05, 0.1) is 35.3 Å². The first-order valence-corrected chi connectivity index (χ1v) is 10.2. The lowest BCUT2D eigenvalue weighted by atomic mass is 9.98. The Morgan fingerprint density at radius 1 is 1.21 bits per heavy atom. The van der Waals surface area contributed by atoms with Crippen molar-refractivity contribution < 1.29 is 9.84 Å². The minimum absolute atomic E-state index is 0.138. The fraction of sp³-hybridized carbons (Fsp3) is 0.421. The zero-order valence-electron chi connectivity index (χ0n) is 15.6. The molecule has 3 aromatic heterocycles. The van der Waals surface area contributed by atoms with E-state index in [2.05, 4.69) is 29.9 Å². The molecule has 1 aliphatic carbocycles. The number of H-pyrrole nitrogens is 1. The summed E-state index contributed by atoms with van der Waals surface area (Å²) in [5.74, 6) is 0.474. The van der Waals surface area contributed by atoms with Crippen LogP contribution in [0, 0.1) is 6.92 Å². The molecular weight excluding hydrogens is 376 g/mol. The average Bonchev–Trinajstić information content (AvgIpc) is 3.17. The number of aliphatic hydroxyl groups is 1. The Bertz CT molecular complexity index is 992. The van der Waals surface area contributed by atoms with Crippen LogP contribution in [-0.4, -0.2) is 36.1 Å². The summed E-state index contributed by atoms with van der Waals surface area (Å²) in [5, 5.41) is 9.04. The molecule has 1 fully saturated rings. The van der Waals surface area contributed by atoms with E-state index in [1.165, 1.54) is 43.0 Å².